The molecule has 1 aliphatic heterocycles. The van der Waals surface area contributed by atoms with Gasteiger partial charge < -0.3 is 5.32 Å². The smallest absolute Gasteiger partial charge is 0.266 e. The Bertz CT molecular complexity index is 926. The lowest BCUT2D eigenvalue weighted by molar-refractivity contribution is -0.122. The molecule has 2 aromatic rings. The van der Waals surface area contributed by atoms with Crippen molar-refractivity contribution in [3.8, 4) is 0 Å². The van der Waals surface area contributed by atoms with Gasteiger partial charge in [0.25, 0.3) is 5.91 Å². The molecule has 0 aromatic heterocycles. The molecule has 0 atom stereocenters. The number of carbonyl (C=O) groups is 2. The number of aryl methyl sites for hydroxylation is 1. The van der Waals surface area contributed by atoms with Crippen molar-refractivity contribution in [2.75, 3.05) is 11.9 Å². The predicted octanol–water partition coefficient (Wildman–Crippen LogP) is 4.99. The molecule has 1 heterocycles. The normalized spacial score (nSPS) is 15.5. The Balaban J connectivity index is 1.61. The fourth-order valence-electron chi connectivity index (χ4n) is 2.54. The zero-order valence-electron chi connectivity index (χ0n) is 14.6. The first kappa shape index (κ1) is 19.8. The standard InChI is InChI=1S/C20H17BrN2O2S2/c1-13-4-2-3-5-16(13)22-18(24)10-11-23-19(25)17(27-20(23)26)12-14-6-8-15(21)9-7-14/h2-9,12H,10-11H2,1H3,(H,22,24)/b17-12-. The van der Waals surface area contributed by atoms with Gasteiger partial charge in [0.05, 0.1) is 4.91 Å². The lowest BCUT2D eigenvalue weighted by atomic mass is 10.2. The summed E-state index contributed by atoms with van der Waals surface area (Å²) in [5.41, 5.74) is 2.70. The molecule has 4 nitrogen and oxygen atoms in total. The molecule has 3 rings (SSSR count). The van der Waals surface area contributed by atoms with Gasteiger partial charge in [-0.1, -0.05) is 70.2 Å². The third-order valence-corrected chi connectivity index (χ3v) is 5.93. The summed E-state index contributed by atoms with van der Waals surface area (Å²) in [7, 11) is 0. The molecule has 0 aliphatic carbocycles. The third-order valence-electron chi connectivity index (χ3n) is 4.02. The van der Waals surface area contributed by atoms with Crippen molar-refractivity contribution in [2.24, 2.45) is 0 Å². The van der Waals surface area contributed by atoms with Gasteiger partial charge in [0.1, 0.15) is 4.32 Å². The molecule has 0 radical (unpaired) electrons. The van der Waals surface area contributed by atoms with E-state index in [1.165, 1.54) is 16.7 Å². The van der Waals surface area contributed by atoms with Crippen LogP contribution in [0.3, 0.4) is 0 Å². The molecule has 1 saturated heterocycles. The van der Waals surface area contributed by atoms with Crippen LogP contribution in [0.4, 0.5) is 5.69 Å². The summed E-state index contributed by atoms with van der Waals surface area (Å²) in [5.74, 6) is -0.299. The molecule has 27 heavy (non-hydrogen) atoms. The number of benzene rings is 2. The van der Waals surface area contributed by atoms with E-state index in [0.717, 1.165) is 21.3 Å². The molecule has 0 bridgehead atoms. The van der Waals surface area contributed by atoms with E-state index in [9.17, 15) is 9.59 Å². The van der Waals surface area contributed by atoms with Gasteiger partial charge in [0, 0.05) is 23.1 Å². The van der Waals surface area contributed by atoms with Crippen molar-refractivity contribution < 1.29 is 9.59 Å². The largest absolute Gasteiger partial charge is 0.326 e. The third kappa shape index (κ3) is 5.06. The summed E-state index contributed by atoms with van der Waals surface area (Å²) >= 11 is 9.98. The molecule has 0 saturated carbocycles. The van der Waals surface area contributed by atoms with Crippen molar-refractivity contribution in [1.82, 2.24) is 4.90 Å². The second-order valence-corrected chi connectivity index (χ2v) is 8.59. The number of para-hydroxylation sites is 1. The maximum absolute atomic E-state index is 12.6. The number of rotatable bonds is 5. The number of amides is 2. The zero-order valence-corrected chi connectivity index (χ0v) is 17.8. The molecule has 2 aromatic carbocycles. The number of thioether (sulfide) groups is 1. The summed E-state index contributed by atoms with van der Waals surface area (Å²) in [5, 5.41) is 2.87. The van der Waals surface area contributed by atoms with Crippen molar-refractivity contribution in [1.29, 1.82) is 0 Å². The van der Waals surface area contributed by atoms with Gasteiger partial charge in [-0.05, 0) is 42.3 Å². The molecular weight excluding hydrogens is 444 g/mol. The summed E-state index contributed by atoms with van der Waals surface area (Å²) in [6.45, 7) is 2.20. The number of hydrogen-bond acceptors (Lipinski definition) is 4. The molecule has 138 valence electrons. The Morgan fingerprint density at radius 3 is 2.63 bits per heavy atom. The van der Waals surface area contributed by atoms with Gasteiger partial charge >= 0.3 is 0 Å². The maximum atomic E-state index is 12.6. The molecular formula is C20H17BrN2O2S2. The van der Waals surface area contributed by atoms with Crippen LogP contribution in [-0.2, 0) is 9.59 Å². The average molecular weight is 461 g/mol. The highest BCUT2D eigenvalue weighted by atomic mass is 79.9. The van der Waals surface area contributed by atoms with Crippen molar-refractivity contribution in [3.05, 3.63) is 69.0 Å². The molecule has 1 N–H and O–H groups in total. The van der Waals surface area contributed by atoms with E-state index < -0.39 is 0 Å². The number of nitrogens with one attached hydrogen (secondary N) is 1. The minimum absolute atomic E-state index is 0.143. The first-order valence-electron chi connectivity index (χ1n) is 8.30. The van der Waals surface area contributed by atoms with Gasteiger partial charge in [-0.3, -0.25) is 14.5 Å². The first-order valence-corrected chi connectivity index (χ1v) is 10.3. The van der Waals surface area contributed by atoms with E-state index in [1.807, 2.05) is 61.5 Å². The van der Waals surface area contributed by atoms with Crippen LogP contribution in [0.2, 0.25) is 0 Å². The second kappa shape index (κ2) is 8.82. The molecule has 1 aliphatic rings. The maximum Gasteiger partial charge on any atom is 0.266 e. The van der Waals surface area contributed by atoms with Gasteiger partial charge in [-0.15, -0.1) is 0 Å². The summed E-state index contributed by atoms with van der Waals surface area (Å²) in [6.07, 6.45) is 2.01. The summed E-state index contributed by atoms with van der Waals surface area (Å²) < 4.78 is 1.46. The van der Waals surface area contributed by atoms with Crippen molar-refractivity contribution in [2.45, 2.75) is 13.3 Å². The lowest BCUT2D eigenvalue weighted by Gasteiger charge is -2.14. The molecule has 0 spiro atoms. The van der Waals surface area contributed by atoms with Gasteiger partial charge in [-0.25, -0.2) is 0 Å². The molecule has 7 heteroatoms. The van der Waals surface area contributed by atoms with Crippen LogP contribution in [0.15, 0.2) is 57.9 Å². The van der Waals surface area contributed by atoms with E-state index in [0.29, 0.717) is 9.23 Å². The zero-order chi connectivity index (χ0) is 19.4. The van der Waals surface area contributed by atoms with Gasteiger partial charge in [0.2, 0.25) is 5.91 Å². The highest BCUT2D eigenvalue weighted by Gasteiger charge is 2.32. The minimum atomic E-state index is -0.156. The number of nitrogens with zero attached hydrogens (tertiary/aromatic N) is 1. The highest BCUT2D eigenvalue weighted by Crippen LogP contribution is 2.32. The Morgan fingerprint density at radius 1 is 1.22 bits per heavy atom. The molecule has 2 amide bonds. The SMILES string of the molecule is Cc1ccccc1NC(=O)CCN1C(=O)/C(=C/c2ccc(Br)cc2)SC1=S. The van der Waals surface area contributed by atoms with Crippen LogP contribution in [-0.4, -0.2) is 27.6 Å². The highest BCUT2D eigenvalue weighted by molar-refractivity contribution is 9.10. The fraction of sp³-hybridized carbons (Fsp3) is 0.150. The van der Waals surface area contributed by atoms with E-state index in [1.54, 1.807) is 0 Å². The van der Waals surface area contributed by atoms with E-state index in [-0.39, 0.29) is 24.8 Å². The van der Waals surface area contributed by atoms with E-state index >= 15 is 0 Å². The number of carbonyl (C=O) groups excluding carboxylic acids is 2. The predicted molar refractivity (Wildman–Crippen MR) is 118 cm³/mol. The molecule has 0 unspecified atom stereocenters. The van der Waals surface area contributed by atoms with Gasteiger partial charge in [-0.2, -0.15) is 0 Å². The van der Waals surface area contributed by atoms with Crippen molar-refractivity contribution >= 4 is 67.8 Å². The van der Waals surface area contributed by atoms with E-state index in [2.05, 4.69) is 21.2 Å². The average Bonchev–Trinajstić information content (AvgIpc) is 2.90. The Kier molecular flexibility index (Phi) is 6.46. The van der Waals surface area contributed by atoms with Crippen LogP contribution >= 0.6 is 39.9 Å². The lowest BCUT2D eigenvalue weighted by Crippen LogP contribution is -2.31. The number of halogens is 1. The van der Waals surface area contributed by atoms with Crippen LogP contribution in [0.1, 0.15) is 17.5 Å². The number of thiocarbonyl (C=S) groups is 1. The van der Waals surface area contributed by atoms with Crippen LogP contribution < -0.4 is 5.32 Å². The van der Waals surface area contributed by atoms with Crippen LogP contribution in [0, 0.1) is 6.92 Å². The van der Waals surface area contributed by atoms with E-state index in [4.69, 9.17) is 12.2 Å². The number of anilines is 1. The second-order valence-electron chi connectivity index (χ2n) is 6.00. The molecule has 1 fully saturated rings. The van der Waals surface area contributed by atoms with Crippen molar-refractivity contribution in [3.63, 3.8) is 0 Å². The summed E-state index contributed by atoms with van der Waals surface area (Å²) in [4.78, 5) is 26.9. The number of hydrogen-bond donors (Lipinski definition) is 1. The van der Waals surface area contributed by atoms with Gasteiger partial charge in [0.15, 0.2) is 0 Å². The quantitative estimate of drug-likeness (QED) is 0.504. The fourth-order valence-corrected chi connectivity index (χ4v) is 4.12. The Morgan fingerprint density at radius 2 is 1.93 bits per heavy atom. The minimum Gasteiger partial charge on any atom is -0.326 e. The first-order chi connectivity index (χ1) is 12.9. The Labute approximate surface area is 176 Å². The monoisotopic (exact) mass is 460 g/mol. The Hall–Kier alpha value is -1.96. The summed E-state index contributed by atoms with van der Waals surface area (Å²) in [6, 6.07) is 15.3. The topological polar surface area (TPSA) is 49.4 Å². The van der Waals surface area contributed by atoms with Crippen LogP contribution in [0.5, 0.6) is 0 Å². The van der Waals surface area contributed by atoms with Crippen LogP contribution in [0.25, 0.3) is 6.08 Å².